The summed E-state index contributed by atoms with van der Waals surface area (Å²) in [5.41, 5.74) is 1.47. The van der Waals surface area contributed by atoms with E-state index in [0.29, 0.717) is 32.8 Å². The number of benzene rings is 3. The van der Waals surface area contributed by atoms with Crippen molar-refractivity contribution in [3.05, 3.63) is 99.0 Å². The zero-order valence-corrected chi connectivity index (χ0v) is 21.8. The minimum atomic E-state index is -0.817. The average Bonchev–Trinajstić information content (AvgIpc) is 2.81. The summed E-state index contributed by atoms with van der Waals surface area (Å²) in [4.78, 5) is 28.4. The standard InChI is InChI=1S/C27H27Cl3N2O3/c1-18(2)31-27(34)25(14-19-8-4-3-5-9-19)32(16-22-23(29)12-7-13-24(22)30)26(33)17-35-21-11-6-10-20(28)15-21/h3-13,15,18,25H,14,16-17H2,1-2H3,(H,31,34)/t25-/m0/s1. The first-order valence-corrected chi connectivity index (χ1v) is 12.3. The smallest absolute Gasteiger partial charge is 0.261 e. The summed E-state index contributed by atoms with van der Waals surface area (Å²) in [6.07, 6.45) is 0.310. The molecule has 8 heteroatoms. The summed E-state index contributed by atoms with van der Waals surface area (Å²) in [5, 5.41) is 4.25. The van der Waals surface area contributed by atoms with Gasteiger partial charge in [0.25, 0.3) is 5.91 Å². The van der Waals surface area contributed by atoms with E-state index in [4.69, 9.17) is 39.5 Å². The van der Waals surface area contributed by atoms with E-state index in [1.807, 2.05) is 44.2 Å². The Hall–Kier alpha value is -2.73. The van der Waals surface area contributed by atoms with Crippen molar-refractivity contribution in [1.82, 2.24) is 10.2 Å². The van der Waals surface area contributed by atoms with Gasteiger partial charge in [-0.1, -0.05) is 77.3 Å². The second-order valence-electron chi connectivity index (χ2n) is 8.34. The van der Waals surface area contributed by atoms with Gasteiger partial charge in [-0.3, -0.25) is 9.59 Å². The lowest BCUT2D eigenvalue weighted by molar-refractivity contribution is -0.143. The molecule has 0 aliphatic heterocycles. The zero-order chi connectivity index (χ0) is 25.4. The van der Waals surface area contributed by atoms with Crippen LogP contribution in [-0.2, 0) is 22.6 Å². The van der Waals surface area contributed by atoms with E-state index < -0.39 is 6.04 Å². The van der Waals surface area contributed by atoms with Crippen molar-refractivity contribution in [3.63, 3.8) is 0 Å². The fourth-order valence-corrected chi connectivity index (χ4v) is 4.27. The molecule has 35 heavy (non-hydrogen) atoms. The van der Waals surface area contributed by atoms with E-state index >= 15 is 0 Å². The third-order valence-corrected chi connectivity index (χ3v) is 6.19. The zero-order valence-electron chi connectivity index (χ0n) is 19.5. The summed E-state index contributed by atoms with van der Waals surface area (Å²) in [6.45, 7) is 3.50. The van der Waals surface area contributed by atoms with Crippen LogP contribution in [0.25, 0.3) is 0 Å². The molecule has 0 radical (unpaired) electrons. The lowest BCUT2D eigenvalue weighted by atomic mass is 10.0. The van der Waals surface area contributed by atoms with Gasteiger partial charge in [-0.2, -0.15) is 0 Å². The van der Waals surface area contributed by atoms with E-state index in [9.17, 15) is 9.59 Å². The molecule has 0 bridgehead atoms. The fourth-order valence-electron chi connectivity index (χ4n) is 3.57. The molecule has 0 heterocycles. The van der Waals surface area contributed by atoms with Gasteiger partial charge in [-0.15, -0.1) is 0 Å². The Kier molecular flexibility index (Phi) is 9.84. The third kappa shape index (κ3) is 7.89. The number of carbonyl (C=O) groups excluding carboxylic acids is 2. The number of hydrogen-bond acceptors (Lipinski definition) is 3. The molecule has 0 saturated carbocycles. The lowest BCUT2D eigenvalue weighted by Gasteiger charge is -2.32. The summed E-state index contributed by atoms with van der Waals surface area (Å²) < 4.78 is 5.72. The van der Waals surface area contributed by atoms with Gasteiger partial charge in [-0.25, -0.2) is 0 Å². The van der Waals surface area contributed by atoms with E-state index in [0.717, 1.165) is 5.56 Å². The minimum absolute atomic E-state index is 0.0409. The third-order valence-electron chi connectivity index (χ3n) is 5.25. The van der Waals surface area contributed by atoms with Crippen LogP contribution < -0.4 is 10.1 Å². The molecule has 3 rings (SSSR count). The van der Waals surface area contributed by atoms with Crippen LogP contribution in [0.4, 0.5) is 0 Å². The van der Waals surface area contributed by atoms with Gasteiger partial charge >= 0.3 is 0 Å². The molecular formula is C27H27Cl3N2O3. The highest BCUT2D eigenvalue weighted by Gasteiger charge is 2.32. The highest BCUT2D eigenvalue weighted by Crippen LogP contribution is 2.27. The predicted molar refractivity (Wildman–Crippen MR) is 141 cm³/mol. The number of rotatable bonds is 10. The molecule has 0 saturated heterocycles. The van der Waals surface area contributed by atoms with Gasteiger partial charge in [0.1, 0.15) is 11.8 Å². The van der Waals surface area contributed by atoms with E-state index in [1.165, 1.54) is 4.90 Å². The molecule has 184 valence electrons. The maximum Gasteiger partial charge on any atom is 0.261 e. The van der Waals surface area contributed by atoms with Crippen molar-refractivity contribution < 1.29 is 14.3 Å². The predicted octanol–water partition coefficient (Wildman–Crippen LogP) is 6.19. The van der Waals surface area contributed by atoms with Crippen LogP contribution >= 0.6 is 34.8 Å². The summed E-state index contributed by atoms with van der Waals surface area (Å²) >= 11 is 18.9. The molecule has 0 fully saturated rings. The first-order valence-electron chi connectivity index (χ1n) is 11.2. The van der Waals surface area contributed by atoms with Gasteiger partial charge in [0.15, 0.2) is 6.61 Å². The summed E-state index contributed by atoms with van der Waals surface area (Å²) in [5.74, 6) is -0.211. The van der Waals surface area contributed by atoms with Gasteiger partial charge in [0.05, 0.1) is 0 Å². The quantitative estimate of drug-likeness (QED) is 0.338. The molecule has 3 aromatic carbocycles. The summed E-state index contributed by atoms with van der Waals surface area (Å²) in [6, 6.07) is 20.5. The van der Waals surface area contributed by atoms with E-state index in [1.54, 1.807) is 42.5 Å². The van der Waals surface area contributed by atoms with Gasteiger partial charge in [0, 0.05) is 39.6 Å². The van der Waals surface area contributed by atoms with Crippen molar-refractivity contribution in [2.75, 3.05) is 6.61 Å². The Morgan fingerprint density at radius 3 is 2.20 bits per heavy atom. The van der Waals surface area contributed by atoms with Crippen LogP contribution in [0.1, 0.15) is 25.0 Å². The SMILES string of the molecule is CC(C)NC(=O)[C@H](Cc1ccccc1)N(Cc1c(Cl)cccc1Cl)C(=O)COc1cccc(Cl)c1. The van der Waals surface area contributed by atoms with Crippen LogP contribution in [0.2, 0.25) is 15.1 Å². The second-order valence-corrected chi connectivity index (χ2v) is 9.59. The lowest BCUT2D eigenvalue weighted by Crippen LogP contribution is -2.52. The molecule has 0 unspecified atom stereocenters. The fraction of sp³-hybridized carbons (Fsp3) is 0.259. The molecule has 1 atom stereocenters. The second kappa shape index (κ2) is 12.8. The molecule has 0 spiro atoms. The highest BCUT2D eigenvalue weighted by molar-refractivity contribution is 6.36. The first-order chi connectivity index (χ1) is 16.7. The number of amides is 2. The molecule has 0 aliphatic rings. The Bertz CT molecular complexity index is 1140. The molecule has 0 aliphatic carbocycles. The topological polar surface area (TPSA) is 58.6 Å². The number of nitrogens with one attached hydrogen (secondary N) is 1. The average molecular weight is 534 g/mol. The molecule has 0 aromatic heterocycles. The molecule has 2 amide bonds. The van der Waals surface area contributed by atoms with Crippen molar-refractivity contribution in [2.45, 2.75) is 38.9 Å². The van der Waals surface area contributed by atoms with E-state index in [2.05, 4.69) is 5.32 Å². The number of halogens is 3. The van der Waals surface area contributed by atoms with Crippen molar-refractivity contribution in [2.24, 2.45) is 0 Å². The van der Waals surface area contributed by atoms with Crippen molar-refractivity contribution in [3.8, 4) is 5.75 Å². The number of carbonyl (C=O) groups is 2. The van der Waals surface area contributed by atoms with Gasteiger partial charge < -0.3 is 15.0 Å². The summed E-state index contributed by atoms with van der Waals surface area (Å²) in [7, 11) is 0. The Balaban J connectivity index is 1.96. The molecule has 5 nitrogen and oxygen atoms in total. The highest BCUT2D eigenvalue weighted by atomic mass is 35.5. The Morgan fingerprint density at radius 2 is 1.57 bits per heavy atom. The number of ether oxygens (including phenoxy) is 1. The minimum Gasteiger partial charge on any atom is -0.484 e. The monoisotopic (exact) mass is 532 g/mol. The van der Waals surface area contributed by atoms with Crippen LogP contribution in [0.5, 0.6) is 5.75 Å². The maximum absolute atomic E-state index is 13.6. The number of hydrogen-bond donors (Lipinski definition) is 1. The van der Waals surface area contributed by atoms with Crippen LogP contribution in [0.3, 0.4) is 0 Å². The van der Waals surface area contributed by atoms with Crippen molar-refractivity contribution >= 4 is 46.6 Å². The van der Waals surface area contributed by atoms with Crippen LogP contribution in [-0.4, -0.2) is 35.4 Å². The molecule has 1 N–H and O–H groups in total. The van der Waals surface area contributed by atoms with E-state index in [-0.39, 0.29) is 31.0 Å². The van der Waals surface area contributed by atoms with Crippen LogP contribution in [0, 0.1) is 0 Å². The van der Waals surface area contributed by atoms with Gasteiger partial charge in [-0.05, 0) is 49.7 Å². The number of nitrogens with zero attached hydrogens (tertiary/aromatic N) is 1. The van der Waals surface area contributed by atoms with Crippen LogP contribution in [0.15, 0.2) is 72.8 Å². The first kappa shape index (κ1) is 26.9. The van der Waals surface area contributed by atoms with Gasteiger partial charge in [0.2, 0.25) is 5.91 Å². The Labute approximate surface area is 220 Å². The Morgan fingerprint density at radius 1 is 0.914 bits per heavy atom. The maximum atomic E-state index is 13.6. The largest absolute Gasteiger partial charge is 0.484 e. The molecule has 3 aromatic rings. The van der Waals surface area contributed by atoms with Crippen molar-refractivity contribution in [1.29, 1.82) is 0 Å². The molecular weight excluding hydrogens is 507 g/mol. The normalized spacial score (nSPS) is 11.7.